The highest BCUT2D eigenvalue weighted by molar-refractivity contribution is 8.00. The van der Waals surface area contributed by atoms with E-state index < -0.39 is 5.25 Å². The minimum Gasteiger partial charge on any atom is -0.497 e. The largest absolute Gasteiger partial charge is 0.497 e. The van der Waals surface area contributed by atoms with Crippen molar-refractivity contribution in [2.24, 2.45) is 0 Å². The normalized spacial score (nSPS) is 11.4. The van der Waals surface area contributed by atoms with Gasteiger partial charge in [0.25, 0.3) is 0 Å². The van der Waals surface area contributed by atoms with Crippen LogP contribution in [0, 0.1) is 18.3 Å². The zero-order valence-corrected chi connectivity index (χ0v) is 23.7. The molecule has 0 saturated heterocycles. The summed E-state index contributed by atoms with van der Waals surface area (Å²) < 4.78 is 10.7. The lowest BCUT2D eigenvalue weighted by Gasteiger charge is -2.19. The van der Waals surface area contributed by atoms with Gasteiger partial charge in [-0.25, -0.2) is 4.98 Å². The van der Waals surface area contributed by atoms with Crippen LogP contribution < -0.4 is 14.8 Å². The number of nitriles is 1. The van der Waals surface area contributed by atoms with Crippen LogP contribution in [0.3, 0.4) is 0 Å². The number of carbonyl (C=O) groups excluding carboxylic acids is 1. The first-order chi connectivity index (χ1) is 18.9. The minimum atomic E-state index is -0.514. The third-order valence-electron chi connectivity index (χ3n) is 6.22. The zero-order chi connectivity index (χ0) is 27.9. The Morgan fingerprint density at radius 3 is 2.38 bits per heavy atom. The summed E-state index contributed by atoms with van der Waals surface area (Å²) in [5.41, 5.74) is 4.99. The van der Waals surface area contributed by atoms with Gasteiger partial charge in [0.1, 0.15) is 22.6 Å². The van der Waals surface area contributed by atoms with E-state index in [4.69, 9.17) is 26.1 Å². The maximum atomic E-state index is 13.4. The van der Waals surface area contributed by atoms with Crippen molar-refractivity contribution in [1.82, 2.24) is 4.98 Å². The Morgan fingerprint density at radius 2 is 1.77 bits per heavy atom. The highest BCUT2D eigenvalue weighted by atomic mass is 35.5. The van der Waals surface area contributed by atoms with Gasteiger partial charge in [0, 0.05) is 22.2 Å². The van der Waals surface area contributed by atoms with Crippen LogP contribution in [0.5, 0.6) is 11.5 Å². The molecule has 0 spiro atoms. The summed E-state index contributed by atoms with van der Waals surface area (Å²) in [6.45, 7) is 3.79. The van der Waals surface area contributed by atoms with Gasteiger partial charge in [-0.2, -0.15) is 5.26 Å². The van der Waals surface area contributed by atoms with Crippen LogP contribution in [0.2, 0.25) is 5.02 Å². The number of thioether (sulfide) groups is 1. The average molecular weight is 558 g/mol. The number of methoxy groups -OCH3 is 2. The third kappa shape index (κ3) is 6.36. The molecule has 8 heteroatoms. The Balaban J connectivity index is 1.75. The second-order valence-corrected chi connectivity index (χ2v) is 10.3. The van der Waals surface area contributed by atoms with Gasteiger partial charge in [-0.05, 0) is 48.7 Å². The average Bonchev–Trinajstić information content (AvgIpc) is 2.97. The molecule has 4 rings (SSSR count). The summed E-state index contributed by atoms with van der Waals surface area (Å²) in [4.78, 5) is 18.3. The van der Waals surface area contributed by atoms with Crippen molar-refractivity contribution in [3.05, 3.63) is 88.9 Å². The van der Waals surface area contributed by atoms with Crippen LogP contribution >= 0.6 is 23.4 Å². The van der Waals surface area contributed by atoms with Gasteiger partial charge in [-0.15, -0.1) is 0 Å². The SMILES string of the molecule is CCC(Sc1nc(-c2ccccc2)cc(-c2ccc(OC)cc2)c1C#N)C(=O)Nc1cc(C)c(Cl)cc1OC. The van der Waals surface area contributed by atoms with E-state index in [9.17, 15) is 10.1 Å². The van der Waals surface area contributed by atoms with E-state index in [-0.39, 0.29) is 5.91 Å². The van der Waals surface area contributed by atoms with Crippen molar-refractivity contribution in [3.63, 3.8) is 0 Å². The molecule has 0 aliphatic rings. The van der Waals surface area contributed by atoms with Crippen LogP contribution in [0.25, 0.3) is 22.4 Å². The van der Waals surface area contributed by atoms with Crippen molar-refractivity contribution in [3.8, 4) is 40.0 Å². The van der Waals surface area contributed by atoms with Crippen molar-refractivity contribution < 1.29 is 14.3 Å². The molecule has 6 nitrogen and oxygen atoms in total. The number of rotatable bonds is 9. The first kappa shape index (κ1) is 28.0. The smallest absolute Gasteiger partial charge is 0.238 e. The first-order valence-electron chi connectivity index (χ1n) is 12.3. The second kappa shape index (κ2) is 12.7. The van der Waals surface area contributed by atoms with E-state index in [1.54, 1.807) is 19.2 Å². The fourth-order valence-corrected chi connectivity index (χ4v) is 5.25. The van der Waals surface area contributed by atoms with Gasteiger partial charge in [-0.1, -0.05) is 72.8 Å². The van der Waals surface area contributed by atoms with E-state index >= 15 is 0 Å². The zero-order valence-electron chi connectivity index (χ0n) is 22.1. The van der Waals surface area contributed by atoms with Crippen molar-refractivity contribution in [2.45, 2.75) is 30.5 Å². The van der Waals surface area contributed by atoms with Crippen LogP contribution in [0.1, 0.15) is 24.5 Å². The summed E-state index contributed by atoms with van der Waals surface area (Å²) in [6.07, 6.45) is 0.519. The Morgan fingerprint density at radius 1 is 1.05 bits per heavy atom. The number of ether oxygens (including phenoxy) is 2. The van der Waals surface area contributed by atoms with E-state index in [0.29, 0.717) is 39.2 Å². The molecule has 1 unspecified atom stereocenters. The predicted octanol–water partition coefficient (Wildman–Crippen LogP) is 7.78. The Bertz CT molecular complexity index is 1520. The summed E-state index contributed by atoms with van der Waals surface area (Å²) >= 11 is 7.51. The molecule has 0 aliphatic heterocycles. The highest BCUT2D eigenvalue weighted by Crippen LogP contribution is 2.38. The molecule has 1 N–H and O–H groups in total. The van der Waals surface area contributed by atoms with Gasteiger partial charge in [0.2, 0.25) is 5.91 Å². The van der Waals surface area contributed by atoms with E-state index in [1.165, 1.54) is 18.9 Å². The summed E-state index contributed by atoms with van der Waals surface area (Å²) in [5.74, 6) is 0.978. The number of anilines is 1. The number of nitrogens with one attached hydrogen (secondary N) is 1. The number of nitrogens with zero attached hydrogens (tertiary/aromatic N) is 2. The second-order valence-electron chi connectivity index (χ2n) is 8.75. The lowest BCUT2D eigenvalue weighted by Crippen LogP contribution is -2.25. The van der Waals surface area contributed by atoms with Crippen molar-refractivity contribution >= 4 is 35.0 Å². The number of carbonyl (C=O) groups is 1. The van der Waals surface area contributed by atoms with Crippen LogP contribution in [-0.2, 0) is 4.79 Å². The topological polar surface area (TPSA) is 84.2 Å². The maximum absolute atomic E-state index is 13.4. The molecular weight excluding hydrogens is 530 g/mol. The number of pyridine rings is 1. The number of amides is 1. The lowest BCUT2D eigenvalue weighted by atomic mass is 9.99. The molecule has 0 bridgehead atoms. The quantitative estimate of drug-likeness (QED) is 0.212. The number of halogens is 1. The summed E-state index contributed by atoms with van der Waals surface area (Å²) in [7, 11) is 3.14. The molecule has 1 atom stereocenters. The Kier molecular flexibility index (Phi) is 9.13. The van der Waals surface area contributed by atoms with Gasteiger partial charge < -0.3 is 14.8 Å². The first-order valence-corrected chi connectivity index (χ1v) is 13.6. The molecular formula is C31H28ClN3O3S. The Labute approximate surface area is 237 Å². The highest BCUT2D eigenvalue weighted by Gasteiger charge is 2.24. The number of aryl methyl sites for hydroxylation is 1. The monoisotopic (exact) mass is 557 g/mol. The summed E-state index contributed by atoms with van der Waals surface area (Å²) in [6, 6.07) is 25.0. The number of hydrogen-bond donors (Lipinski definition) is 1. The molecule has 0 saturated carbocycles. The molecule has 198 valence electrons. The minimum absolute atomic E-state index is 0.218. The van der Waals surface area contributed by atoms with E-state index in [0.717, 1.165) is 28.0 Å². The molecule has 4 aromatic rings. The van der Waals surface area contributed by atoms with Gasteiger partial charge >= 0.3 is 0 Å². The molecule has 3 aromatic carbocycles. The van der Waals surface area contributed by atoms with Gasteiger partial charge in [-0.3, -0.25) is 4.79 Å². The molecule has 39 heavy (non-hydrogen) atoms. The van der Waals surface area contributed by atoms with E-state index in [2.05, 4.69) is 11.4 Å². The third-order valence-corrected chi connectivity index (χ3v) is 7.98. The van der Waals surface area contributed by atoms with Crippen molar-refractivity contribution in [2.75, 3.05) is 19.5 Å². The predicted molar refractivity (Wildman–Crippen MR) is 158 cm³/mol. The van der Waals surface area contributed by atoms with Crippen molar-refractivity contribution in [1.29, 1.82) is 5.26 Å². The molecule has 1 amide bonds. The number of aromatic nitrogens is 1. The van der Waals surface area contributed by atoms with Crippen LogP contribution in [0.15, 0.2) is 77.8 Å². The van der Waals surface area contributed by atoms with Gasteiger partial charge in [0.05, 0.1) is 36.4 Å². The Hall–Kier alpha value is -3.99. The van der Waals surface area contributed by atoms with Gasteiger partial charge in [0.15, 0.2) is 0 Å². The number of hydrogen-bond acceptors (Lipinski definition) is 6. The maximum Gasteiger partial charge on any atom is 0.238 e. The van der Waals surface area contributed by atoms with Crippen LogP contribution in [-0.4, -0.2) is 30.4 Å². The molecule has 0 fully saturated rings. The molecule has 0 aliphatic carbocycles. The molecule has 1 aromatic heterocycles. The summed E-state index contributed by atoms with van der Waals surface area (Å²) in [5, 5.41) is 13.8. The van der Waals surface area contributed by atoms with Crippen LogP contribution in [0.4, 0.5) is 5.69 Å². The van der Waals surface area contributed by atoms with E-state index in [1.807, 2.05) is 74.5 Å². The lowest BCUT2D eigenvalue weighted by molar-refractivity contribution is -0.115. The standard InChI is InChI=1S/C31H28ClN3O3S/c1-5-29(30(36)34-27-15-19(2)25(32)17-28(27)38-4)39-31-24(18-33)23(20-11-13-22(37-3)14-12-20)16-26(35-31)21-9-7-6-8-10-21/h6-17,29H,5H2,1-4H3,(H,34,36). The number of benzene rings is 3. The fraction of sp³-hybridized carbons (Fsp3) is 0.194. The molecule has 0 radical (unpaired) electrons. The molecule has 1 heterocycles. The fourth-order valence-electron chi connectivity index (χ4n) is 4.07.